The predicted octanol–water partition coefficient (Wildman–Crippen LogP) is 0.762. The molecule has 0 bridgehead atoms. The van der Waals surface area contributed by atoms with E-state index in [0.29, 0.717) is 42.0 Å². The lowest BCUT2D eigenvalue weighted by Crippen LogP contribution is -2.55. The molecule has 1 saturated heterocycles. The summed E-state index contributed by atoms with van der Waals surface area (Å²) in [5, 5.41) is 12.4. The van der Waals surface area contributed by atoms with Crippen molar-refractivity contribution in [3.63, 3.8) is 0 Å². The third-order valence-electron chi connectivity index (χ3n) is 4.51. The van der Waals surface area contributed by atoms with E-state index in [4.69, 9.17) is 5.11 Å². The average Bonchev–Trinajstić information content (AvgIpc) is 2.57. The van der Waals surface area contributed by atoms with Gasteiger partial charge in [-0.2, -0.15) is 0 Å². The fourth-order valence-electron chi connectivity index (χ4n) is 3.18. The molecule has 2 aromatic rings. The Hall–Kier alpha value is -2.45. The number of aliphatic hydroxyl groups excluding tert-OH is 1. The molecule has 0 radical (unpaired) electrons. The predicted molar refractivity (Wildman–Crippen MR) is 95.8 cm³/mol. The summed E-state index contributed by atoms with van der Waals surface area (Å²) in [5.74, 6) is 0.559. The van der Waals surface area contributed by atoms with Crippen LogP contribution < -0.4 is 10.9 Å². The van der Waals surface area contributed by atoms with E-state index in [0.717, 1.165) is 6.54 Å². The molecule has 3 N–H and O–H groups in total. The van der Waals surface area contributed by atoms with E-state index in [9.17, 15) is 9.59 Å². The zero-order chi connectivity index (χ0) is 18.0. The van der Waals surface area contributed by atoms with Crippen molar-refractivity contribution in [2.75, 3.05) is 38.1 Å². The van der Waals surface area contributed by atoms with E-state index in [1.807, 2.05) is 6.92 Å². The van der Waals surface area contributed by atoms with Crippen LogP contribution in [-0.4, -0.2) is 69.7 Å². The number of anilines is 1. The van der Waals surface area contributed by atoms with E-state index in [2.05, 4.69) is 20.2 Å². The van der Waals surface area contributed by atoms with Crippen LogP contribution >= 0.6 is 0 Å². The van der Waals surface area contributed by atoms with Crippen LogP contribution in [0.25, 0.3) is 10.9 Å². The largest absolute Gasteiger partial charge is 0.395 e. The maximum Gasteiger partial charge on any atom is 0.321 e. The molecule has 1 unspecified atom stereocenters. The number of benzene rings is 1. The van der Waals surface area contributed by atoms with Crippen molar-refractivity contribution >= 4 is 22.6 Å². The van der Waals surface area contributed by atoms with Crippen LogP contribution in [0.1, 0.15) is 12.7 Å². The molecule has 134 valence electrons. The van der Waals surface area contributed by atoms with Gasteiger partial charge in [-0.25, -0.2) is 9.78 Å². The van der Waals surface area contributed by atoms with E-state index >= 15 is 0 Å². The van der Waals surface area contributed by atoms with Gasteiger partial charge >= 0.3 is 6.03 Å². The molecule has 8 heteroatoms. The van der Waals surface area contributed by atoms with Gasteiger partial charge in [-0.05, 0) is 32.0 Å². The number of amides is 2. The number of aryl methyl sites for hydroxylation is 1. The molecule has 25 heavy (non-hydrogen) atoms. The molecule has 2 amide bonds. The highest BCUT2D eigenvalue weighted by molar-refractivity contribution is 5.92. The first-order chi connectivity index (χ1) is 12.0. The Balaban J connectivity index is 1.71. The van der Waals surface area contributed by atoms with Gasteiger partial charge in [-0.15, -0.1) is 0 Å². The molecule has 1 aromatic carbocycles. The van der Waals surface area contributed by atoms with Crippen molar-refractivity contribution < 1.29 is 9.90 Å². The van der Waals surface area contributed by atoms with Crippen LogP contribution in [0.5, 0.6) is 0 Å². The molecule has 0 saturated carbocycles. The van der Waals surface area contributed by atoms with Gasteiger partial charge < -0.3 is 20.3 Å². The van der Waals surface area contributed by atoms with Crippen molar-refractivity contribution in [2.45, 2.75) is 19.9 Å². The Kier molecular flexibility index (Phi) is 5.00. The first-order valence-electron chi connectivity index (χ1n) is 8.39. The lowest BCUT2D eigenvalue weighted by Gasteiger charge is -2.39. The molecule has 2 heterocycles. The van der Waals surface area contributed by atoms with Crippen LogP contribution in [0.4, 0.5) is 10.5 Å². The second-order valence-electron chi connectivity index (χ2n) is 6.37. The summed E-state index contributed by atoms with van der Waals surface area (Å²) in [6.45, 7) is 6.44. The standard InChI is InChI=1S/C17H23N5O3/c1-11-10-22(6-5-21(11)7-8-23)17(25)20-13-3-4-15-14(9-13)16(24)19-12(2)18-15/h3-4,9,11,23H,5-8,10H2,1-2H3,(H,20,25)(H,18,19,24). The molecule has 1 fully saturated rings. The third kappa shape index (κ3) is 3.80. The highest BCUT2D eigenvalue weighted by Crippen LogP contribution is 2.16. The van der Waals surface area contributed by atoms with Crippen molar-refractivity contribution in [2.24, 2.45) is 0 Å². The van der Waals surface area contributed by atoms with Crippen LogP contribution in [0.3, 0.4) is 0 Å². The van der Waals surface area contributed by atoms with Gasteiger partial charge in [-0.1, -0.05) is 0 Å². The molecule has 3 rings (SSSR count). The van der Waals surface area contributed by atoms with Gasteiger partial charge in [0.1, 0.15) is 5.82 Å². The van der Waals surface area contributed by atoms with Crippen molar-refractivity contribution in [1.82, 2.24) is 19.8 Å². The maximum atomic E-state index is 12.5. The summed E-state index contributed by atoms with van der Waals surface area (Å²) >= 11 is 0. The second kappa shape index (κ2) is 7.20. The smallest absolute Gasteiger partial charge is 0.321 e. The van der Waals surface area contributed by atoms with Crippen molar-refractivity contribution in [1.29, 1.82) is 0 Å². The maximum absolute atomic E-state index is 12.5. The van der Waals surface area contributed by atoms with Gasteiger partial charge in [0.05, 0.1) is 17.5 Å². The zero-order valence-electron chi connectivity index (χ0n) is 14.5. The fourth-order valence-corrected chi connectivity index (χ4v) is 3.18. The number of hydrogen-bond donors (Lipinski definition) is 3. The Morgan fingerprint density at radius 1 is 1.44 bits per heavy atom. The first-order valence-corrected chi connectivity index (χ1v) is 8.39. The quantitative estimate of drug-likeness (QED) is 0.762. The minimum atomic E-state index is -0.218. The minimum absolute atomic E-state index is 0.121. The number of H-pyrrole nitrogens is 1. The average molecular weight is 345 g/mol. The first kappa shape index (κ1) is 17.4. The molecular weight excluding hydrogens is 322 g/mol. The molecule has 0 aliphatic carbocycles. The highest BCUT2D eigenvalue weighted by Gasteiger charge is 2.26. The lowest BCUT2D eigenvalue weighted by atomic mass is 10.2. The van der Waals surface area contributed by atoms with Gasteiger partial charge in [-0.3, -0.25) is 9.69 Å². The molecule has 1 atom stereocenters. The van der Waals surface area contributed by atoms with Gasteiger partial charge in [0.2, 0.25) is 0 Å². The molecule has 8 nitrogen and oxygen atoms in total. The summed E-state index contributed by atoms with van der Waals surface area (Å²) in [7, 11) is 0. The number of piperazine rings is 1. The number of hydrogen-bond acceptors (Lipinski definition) is 5. The van der Waals surface area contributed by atoms with E-state index in [1.54, 1.807) is 30.0 Å². The van der Waals surface area contributed by atoms with Gasteiger partial charge in [0, 0.05) is 37.9 Å². The summed E-state index contributed by atoms with van der Waals surface area (Å²) in [6.07, 6.45) is 0. The second-order valence-corrected chi connectivity index (χ2v) is 6.37. The third-order valence-corrected chi connectivity index (χ3v) is 4.51. The number of β-amino-alcohol motifs (C(OH)–C–C–N with tert-alkyl or cyclic N) is 1. The van der Waals surface area contributed by atoms with Crippen LogP contribution in [0.2, 0.25) is 0 Å². The molecule has 1 aliphatic heterocycles. The van der Waals surface area contributed by atoms with E-state index < -0.39 is 0 Å². The van der Waals surface area contributed by atoms with Crippen molar-refractivity contribution in [3.8, 4) is 0 Å². The summed E-state index contributed by atoms with van der Waals surface area (Å²) in [6, 6.07) is 5.13. The topological polar surface area (TPSA) is 102 Å². The summed E-state index contributed by atoms with van der Waals surface area (Å²) in [5.41, 5.74) is 0.953. The summed E-state index contributed by atoms with van der Waals surface area (Å²) < 4.78 is 0. The molecule has 0 spiro atoms. The molecule has 1 aromatic heterocycles. The van der Waals surface area contributed by atoms with Gasteiger partial charge in [0.25, 0.3) is 5.56 Å². The van der Waals surface area contributed by atoms with E-state index in [-0.39, 0.29) is 24.2 Å². The molecular formula is C17H23N5O3. The number of rotatable bonds is 3. The minimum Gasteiger partial charge on any atom is -0.395 e. The lowest BCUT2D eigenvalue weighted by molar-refractivity contribution is 0.0862. The van der Waals surface area contributed by atoms with Crippen LogP contribution in [0, 0.1) is 6.92 Å². The van der Waals surface area contributed by atoms with Crippen LogP contribution in [-0.2, 0) is 0 Å². The molecule has 1 aliphatic rings. The number of carbonyl (C=O) groups is 1. The fraction of sp³-hybridized carbons (Fsp3) is 0.471. The number of aromatic amines is 1. The normalized spacial score (nSPS) is 18.5. The Labute approximate surface area is 145 Å². The monoisotopic (exact) mass is 345 g/mol. The van der Waals surface area contributed by atoms with Gasteiger partial charge in [0.15, 0.2) is 0 Å². The number of urea groups is 1. The number of aliphatic hydroxyl groups is 1. The number of aromatic nitrogens is 2. The van der Waals surface area contributed by atoms with E-state index in [1.165, 1.54) is 0 Å². The van der Waals surface area contributed by atoms with Crippen LogP contribution in [0.15, 0.2) is 23.0 Å². The number of carbonyl (C=O) groups excluding carboxylic acids is 1. The highest BCUT2D eigenvalue weighted by atomic mass is 16.3. The summed E-state index contributed by atoms with van der Waals surface area (Å²) in [4.78, 5) is 35.4. The SMILES string of the molecule is Cc1nc2ccc(NC(=O)N3CCN(CCO)C(C)C3)cc2c(=O)[nH]1. The Bertz CT molecular complexity index is 835. The number of fused-ring (bicyclic) bond motifs is 1. The zero-order valence-corrected chi connectivity index (χ0v) is 14.5. The van der Waals surface area contributed by atoms with Crippen molar-refractivity contribution in [3.05, 3.63) is 34.4 Å². The Morgan fingerprint density at radius 3 is 2.96 bits per heavy atom. The number of nitrogens with zero attached hydrogens (tertiary/aromatic N) is 3. The Morgan fingerprint density at radius 2 is 2.24 bits per heavy atom. The number of nitrogens with one attached hydrogen (secondary N) is 2.